The molecule has 0 aromatic heterocycles. The van der Waals surface area contributed by atoms with Crippen molar-refractivity contribution in [3.63, 3.8) is 0 Å². The Morgan fingerprint density at radius 3 is 0.870 bits per heavy atom. The number of likely N-dealkylation sites (N-methyl/N-ethyl adjacent to an activating group) is 1. The fourth-order valence-electron chi connectivity index (χ4n) is 9.68. The van der Waals surface area contributed by atoms with E-state index in [1.54, 1.807) is 0 Å². The van der Waals surface area contributed by atoms with Crippen molar-refractivity contribution in [1.82, 2.24) is 0 Å². The Labute approximate surface area is 566 Å². The van der Waals surface area contributed by atoms with Gasteiger partial charge < -0.3 is 27.9 Å². The topological polar surface area (TPSA) is 111 Å². The Kier molecular flexibility index (Phi) is 67.1. The number of unbranched alkanes of at least 4 members (excludes halogenated alkanes) is 24. The van der Waals surface area contributed by atoms with Crippen LogP contribution >= 0.6 is 7.82 Å². The standard InChI is InChI=1S/C82H136NO8P/c1-6-8-10-12-14-16-18-20-22-24-26-28-30-32-34-35-36-37-38-39-40-41-42-43-44-45-46-47-49-51-53-55-57-59-61-63-65-67-69-71-73-75-82(85)91-80(79-90-92(86,87)89-77-76-83(3,4)5)78-88-81(84)74-72-70-68-66-64-62-60-58-56-54-52-50-48-33-31-29-27-25-23-21-19-17-15-13-11-9-7-2/h8-11,14-17,20-23,26-29,32-34,36-37,39-40,42-43,45-46,48,80H,6-7,12-13,18-19,24-25,30-31,35,38,41,44,47,49-79H2,1-5H3/b10-8-,11-9-,16-14-,17-15-,22-20-,23-21-,28-26-,29-27-,34-32-,37-36-,40-39-,43-42-,46-45-,48-33-. The molecular formula is C82H136NO8P. The molecule has 522 valence electrons. The second-order valence-electron chi connectivity index (χ2n) is 25.2. The van der Waals surface area contributed by atoms with Crippen LogP contribution in [0, 0.1) is 0 Å². The summed E-state index contributed by atoms with van der Waals surface area (Å²) in [4.78, 5) is 38.1. The van der Waals surface area contributed by atoms with Crippen molar-refractivity contribution >= 4 is 19.8 Å². The van der Waals surface area contributed by atoms with Gasteiger partial charge in [-0.15, -0.1) is 0 Å². The van der Waals surface area contributed by atoms with E-state index in [0.717, 1.165) is 141 Å². The largest absolute Gasteiger partial charge is 0.756 e. The predicted molar refractivity (Wildman–Crippen MR) is 396 cm³/mol. The molecule has 2 atom stereocenters. The van der Waals surface area contributed by atoms with Gasteiger partial charge in [-0.2, -0.15) is 0 Å². The van der Waals surface area contributed by atoms with Gasteiger partial charge in [0.05, 0.1) is 27.7 Å². The smallest absolute Gasteiger partial charge is 0.306 e. The first kappa shape index (κ1) is 87.4. The highest BCUT2D eigenvalue weighted by molar-refractivity contribution is 7.45. The number of nitrogens with zero attached hydrogens (tertiary/aromatic N) is 1. The molecule has 0 bridgehead atoms. The highest BCUT2D eigenvalue weighted by atomic mass is 31.2. The maximum atomic E-state index is 12.9. The van der Waals surface area contributed by atoms with Crippen LogP contribution in [0.4, 0.5) is 0 Å². The summed E-state index contributed by atoms with van der Waals surface area (Å²) < 4.78 is 34.3. The number of esters is 2. The Balaban J connectivity index is 4.06. The summed E-state index contributed by atoms with van der Waals surface area (Å²) in [5.74, 6) is -0.842. The molecule has 0 aliphatic rings. The molecule has 0 aromatic carbocycles. The lowest BCUT2D eigenvalue weighted by Gasteiger charge is -2.28. The number of allylic oxidation sites excluding steroid dienone is 28. The molecule has 0 spiro atoms. The highest BCUT2D eigenvalue weighted by Gasteiger charge is 2.22. The van der Waals surface area contributed by atoms with Crippen LogP contribution in [0.15, 0.2) is 170 Å². The molecule has 2 unspecified atom stereocenters. The molecule has 0 radical (unpaired) electrons. The van der Waals surface area contributed by atoms with E-state index in [9.17, 15) is 19.0 Å². The summed E-state index contributed by atoms with van der Waals surface area (Å²) in [6.07, 6.45) is 107. The van der Waals surface area contributed by atoms with Crippen LogP contribution in [-0.2, 0) is 32.7 Å². The van der Waals surface area contributed by atoms with Crippen molar-refractivity contribution in [1.29, 1.82) is 0 Å². The second kappa shape index (κ2) is 70.7. The normalized spacial score (nSPS) is 14.1. The molecule has 0 fully saturated rings. The average Bonchev–Trinajstić information content (AvgIpc) is 2.23. The van der Waals surface area contributed by atoms with Gasteiger partial charge in [0.1, 0.15) is 19.8 Å². The molecule has 0 heterocycles. The van der Waals surface area contributed by atoms with Crippen LogP contribution in [0.1, 0.15) is 284 Å². The first-order chi connectivity index (χ1) is 45.0. The zero-order valence-electron chi connectivity index (χ0n) is 59.4. The van der Waals surface area contributed by atoms with Crippen molar-refractivity contribution in [3.8, 4) is 0 Å². The molecule has 9 nitrogen and oxygen atoms in total. The number of phosphoric ester groups is 1. The summed E-state index contributed by atoms with van der Waals surface area (Å²) in [5.41, 5.74) is 0. The summed E-state index contributed by atoms with van der Waals surface area (Å²) in [5, 5.41) is 0. The summed E-state index contributed by atoms with van der Waals surface area (Å²) in [7, 11) is 1.15. The number of hydrogen-bond donors (Lipinski definition) is 0. The number of phosphoric acid groups is 1. The van der Waals surface area contributed by atoms with Gasteiger partial charge in [-0.25, -0.2) is 0 Å². The quantitative estimate of drug-likeness (QED) is 0.0195. The number of rotatable bonds is 66. The minimum Gasteiger partial charge on any atom is -0.756 e. The van der Waals surface area contributed by atoms with Crippen LogP contribution in [-0.4, -0.2) is 70.0 Å². The average molecular weight is 1290 g/mol. The molecule has 0 aliphatic carbocycles. The zero-order valence-corrected chi connectivity index (χ0v) is 60.3. The van der Waals surface area contributed by atoms with Crippen molar-refractivity contribution in [2.45, 2.75) is 290 Å². The summed E-state index contributed by atoms with van der Waals surface area (Å²) in [6.45, 7) is 4.01. The molecule has 0 amide bonds. The number of carbonyl (C=O) groups excluding carboxylic acids is 2. The van der Waals surface area contributed by atoms with Crippen molar-refractivity contribution < 1.29 is 42.1 Å². The van der Waals surface area contributed by atoms with Crippen LogP contribution in [0.2, 0.25) is 0 Å². The molecular weight excluding hydrogens is 1160 g/mol. The lowest BCUT2D eigenvalue weighted by molar-refractivity contribution is -0.870. The third-order valence-electron chi connectivity index (χ3n) is 15.2. The van der Waals surface area contributed by atoms with Crippen molar-refractivity contribution in [3.05, 3.63) is 170 Å². The highest BCUT2D eigenvalue weighted by Crippen LogP contribution is 2.38. The molecule has 0 N–H and O–H groups in total. The minimum absolute atomic E-state index is 0.0386. The maximum absolute atomic E-state index is 12.9. The van der Waals surface area contributed by atoms with Gasteiger partial charge in [-0.3, -0.25) is 14.2 Å². The number of ether oxygens (including phenoxy) is 2. The molecule has 0 saturated carbocycles. The first-order valence-electron chi connectivity index (χ1n) is 36.8. The molecule has 92 heavy (non-hydrogen) atoms. The van der Waals surface area contributed by atoms with Gasteiger partial charge in [0.2, 0.25) is 0 Å². The Morgan fingerprint density at radius 1 is 0.337 bits per heavy atom. The van der Waals surface area contributed by atoms with Gasteiger partial charge >= 0.3 is 11.9 Å². The molecule has 0 rings (SSSR count). The van der Waals surface area contributed by atoms with Crippen molar-refractivity contribution in [2.24, 2.45) is 0 Å². The monoisotopic (exact) mass is 1290 g/mol. The van der Waals surface area contributed by atoms with Gasteiger partial charge in [-0.1, -0.05) is 312 Å². The van der Waals surface area contributed by atoms with Crippen LogP contribution < -0.4 is 4.89 Å². The Bertz CT molecular complexity index is 2160. The van der Waals surface area contributed by atoms with Crippen LogP contribution in [0.3, 0.4) is 0 Å². The lowest BCUT2D eigenvalue weighted by Crippen LogP contribution is -2.37. The lowest BCUT2D eigenvalue weighted by atomic mass is 10.0. The van der Waals surface area contributed by atoms with E-state index in [1.165, 1.54) is 109 Å². The third kappa shape index (κ3) is 74.4. The summed E-state index contributed by atoms with van der Waals surface area (Å²) in [6, 6.07) is 0. The van der Waals surface area contributed by atoms with Gasteiger partial charge in [0, 0.05) is 12.8 Å². The van der Waals surface area contributed by atoms with E-state index in [2.05, 4.69) is 184 Å². The van der Waals surface area contributed by atoms with E-state index in [-0.39, 0.29) is 32.0 Å². The molecule has 0 saturated heterocycles. The van der Waals surface area contributed by atoms with E-state index in [0.29, 0.717) is 17.4 Å². The third-order valence-corrected chi connectivity index (χ3v) is 16.2. The van der Waals surface area contributed by atoms with Gasteiger partial charge in [0.25, 0.3) is 7.82 Å². The summed E-state index contributed by atoms with van der Waals surface area (Å²) >= 11 is 0. The maximum Gasteiger partial charge on any atom is 0.306 e. The van der Waals surface area contributed by atoms with E-state index in [1.807, 2.05) is 21.1 Å². The fraction of sp³-hybridized carbons (Fsp3) is 0.634. The van der Waals surface area contributed by atoms with Crippen molar-refractivity contribution in [2.75, 3.05) is 47.5 Å². The number of quaternary nitrogens is 1. The van der Waals surface area contributed by atoms with E-state index in [4.69, 9.17) is 18.5 Å². The van der Waals surface area contributed by atoms with E-state index < -0.39 is 26.5 Å². The van der Waals surface area contributed by atoms with Crippen LogP contribution in [0.25, 0.3) is 0 Å². The Hall–Kier alpha value is -4.63. The van der Waals surface area contributed by atoms with E-state index >= 15 is 0 Å². The predicted octanol–water partition coefficient (Wildman–Crippen LogP) is 23.9. The minimum atomic E-state index is -4.65. The van der Waals surface area contributed by atoms with Crippen LogP contribution in [0.5, 0.6) is 0 Å². The number of carbonyl (C=O) groups is 2. The molecule has 0 aromatic rings. The fourth-order valence-corrected chi connectivity index (χ4v) is 10.4. The van der Waals surface area contributed by atoms with Gasteiger partial charge in [0.15, 0.2) is 6.10 Å². The molecule has 10 heteroatoms. The molecule has 0 aliphatic heterocycles. The SMILES string of the molecule is CC/C=C\C/C=C\C/C=C\C/C=C\C/C=C\C/C=C\C/C=C\C/C=C\C/C=C\CCCCCCCCCCCCCCCC(=O)OC(COC(=O)CCCCCCCCCCCCC/C=C\C/C=C\C/C=C\C/C=C\C/C=C\CC)COP(=O)([O-])OCC[N+](C)(C)C. The Morgan fingerprint density at radius 2 is 0.587 bits per heavy atom. The zero-order chi connectivity index (χ0) is 66.9. The first-order valence-corrected chi connectivity index (χ1v) is 38.3. The number of hydrogen-bond acceptors (Lipinski definition) is 8. The second-order valence-corrected chi connectivity index (χ2v) is 26.6. The van der Waals surface area contributed by atoms with Gasteiger partial charge in [-0.05, 0) is 128 Å².